The fraction of sp³-hybridized carbons (Fsp3) is 0.565. The van der Waals surface area contributed by atoms with Crippen LogP contribution in [0.2, 0.25) is 0 Å². The number of nitrogens with one attached hydrogen (secondary N) is 1. The van der Waals surface area contributed by atoms with Crippen LogP contribution in [-0.2, 0) is 17.9 Å². The van der Waals surface area contributed by atoms with E-state index in [4.69, 9.17) is 14.5 Å². The highest BCUT2D eigenvalue weighted by molar-refractivity contribution is 5.78. The minimum atomic E-state index is -0.132. The lowest BCUT2D eigenvalue weighted by atomic mass is 10.1. The Bertz CT molecular complexity index is 912. The summed E-state index contributed by atoms with van der Waals surface area (Å²) >= 11 is 0. The maximum Gasteiger partial charge on any atom is 0.223 e. The largest absolute Gasteiger partial charge is 0.493 e. The number of hydrogen-bond donors (Lipinski definition) is 1. The monoisotopic (exact) mass is 414 g/mol. The molecule has 2 heterocycles. The van der Waals surface area contributed by atoms with Gasteiger partial charge >= 0.3 is 0 Å². The molecule has 2 aromatic rings. The van der Waals surface area contributed by atoms with Crippen LogP contribution < -0.4 is 14.8 Å². The number of rotatable bonds is 6. The van der Waals surface area contributed by atoms with Crippen molar-refractivity contribution in [3.63, 3.8) is 0 Å². The number of methoxy groups -OCH3 is 2. The lowest BCUT2D eigenvalue weighted by molar-refractivity contribution is -0.133. The van der Waals surface area contributed by atoms with Gasteiger partial charge in [-0.05, 0) is 44.9 Å². The fourth-order valence-corrected chi connectivity index (χ4v) is 3.69. The normalized spacial score (nSPS) is 13.9. The molecule has 0 radical (unpaired) electrons. The highest BCUT2D eigenvalue weighted by Gasteiger charge is 2.28. The average molecular weight is 415 g/mol. The molecule has 7 heteroatoms. The van der Waals surface area contributed by atoms with Crippen LogP contribution in [0.1, 0.15) is 46.9 Å². The molecule has 1 aromatic carbocycles. The molecule has 0 aliphatic carbocycles. The second-order valence-electron chi connectivity index (χ2n) is 9.23. The van der Waals surface area contributed by atoms with Crippen molar-refractivity contribution in [1.29, 1.82) is 0 Å². The molecule has 1 aromatic heterocycles. The molecule has 0 bridgehead atoms. The Hall–Kier alpha value is -2.70. The van der Waals surface area contributed by atoms with E-state index in [0.717, 1.165) is 29.4 Å². The molecule has 0 spiro atoms. The lowest BCUT2D eigenvalue weighted by Crippen LogP contribution is -2.39. The Labute approximate surface area is 179 Å². The number of carbonyl (C=O) groups excluding carboxylic acids is 1. The van der Waals surface area contributed by atoms with Crippen molar-refractivity contribution in [3.8, 4) is 22.8 Å². The first-order valence-corrected chi connectivity index (χ1v) is 10.5. The second-order valence-corrected chi connectivity index (χ2v) is 9.23. The Kier molecular flexibility index (Phi) is 6.29. The molecule has 30 heavy (non-hydrogen) atoms. The van der Waals surface area contributed by atoms with E-state index in [9.17, 15) is 4.79 Å². The van der Waals surface area contributed by atoms with Crippen LogP contribution >= 0.6 is 0 Å². The summed E-state index contributed by atoms with van der Waals surface area (Å²) in [4.78, 5) is 19.5. The summed E-state index contributed by atoms with van der Waals surface area (Å²) in [6, 6.07) is 5.83. The van der Waals surface area contributed by atoms with E-state index in [1.165, 1.54) is 0 Å². The number of ether oxygens (including phenoxy) is 2. The van der Waals surface area contributed by atoms with Crippen LogP contribution in [0.4, 0.5) is 5.82 Å². The maximum atomic E-state index is 12.6. The minimum Gasteiger partial charge on any atom is -0.493 e. The first-order chi connectivity index (χ1) is 14.1. The van der Waals surface area contributed by atoms with Crippen LogP contribution in [-0.4, -0.2) is 46.7 Å². The number of imidazole rings is 1. The summed E-state index contributed by atoms with van der Waals surface area (Å²) in [5.74, 6) is 3.75. The first kappa shape index (κ1) is 22.0. The summed E-state index contributed by atoms with van der Waals surface area (Å²) in [6.07, 6.45) is 0.566. The van der Waals surface area contributed by atoms with Crippen LogP contribution in [0.25, 0.3) is 11.3 Å². The van der Waals surface area contributed by atoms with Gasteiger partial charge in [0.2, 0.25) is 5.91 Å². The van der Waals surface area contributed by atoms with Crippen LogP contribution in [0.3, 0.4) is 0 Å². The van der Waals surface area contributed by atoms with Crippen molar-refractivity contribution < 1.29 is 14.3 Å². The summed E-state index contributed by atoms with van der Waals surface area (Å²) in [5.41, 5.74) is 1.67. The number of anilines is 1. The predicted molar refractivity (Wildman–Crippen MR) is 119 cm³/mol. The van der Waals surface area contributed by atoms with Gasteiger partial charge in [0.25, 0.3) is 0 Å². The van der Waals surface area contributed by atoms with E-state index in [-0.39, 0.29) is 11.4 Å². The Morgan fingerprint density at radius 2 is 1.87 bits per heavy atom. The molecule has 0 saturated carbocycles. The summed E-state index contributed by atoms with van der Waals surface area (Å²) < 4.78 is 13.1. The lowest BCUT2D eigenvalue weighted by Gasteiger charge is -2.30. The molecule has 0 saturated heterocycles. The molecule has 3 rings (SSSR count). The van der Waals surface area contributed by atoms with E-state index in [1.54, 1.807) is 14.2 Å². The number of fused-ring (bicyclic) bond motifs is 1. The third kappa shape index (κ3) is 4.71. The van der Waals surface area contributed by atoms with Gasteiger partial charge in [0.05, 0.1) is 20.8 Å². The molecule has 1 aliphatic rings. The zero-order valence-electron chi connectivity index (χ0n) is 19.2. The molecular formula is C23H34N4O3. The first-order valence-electron chi connectivity index (χ1n) is 10.5. The van der Waals surface area contributed by atoms with Gasteiger partial charge in [-0.2, -0.15) is 0 Å². The van der Waals surface area contributed by atoms with Gasteiger partial charge in [0.15, 0.2) is 11.5 Å². The molecular weight excluding hydrogens is 380 g/mol. The highest BCUT2D eigenvalue weighted by atomic mass is 16.5. The second kappa shape index (κ2) is 8.58. The van der Waals surface area contributed by atoms with Gasteiger partial charge in [0, 0.05) is 30.6 Å². The van der Waals surface area contributed by atoms with E-state index in [2.05, 4.69) is 44.5 Å². The van der Waals surface area contributed by atoms with Crippen molar-refractivity contribution in [3.05, 3.63) is 24.0 Å². The van der Waals surface area contributed by atoms with E-state index in [0.29, 0.717) is 36.9 Å². The van der Waals surface area contributed by atoms with Gasteiger partial charge in [0.1, 0.15) is 17.3 Å². The highest BCUT2D eigenvalue weighted by Crippen LogP contribution is 2.37. The Morgan fingerprint density at radius 1 is 1.17 bits per heavy atom. The van der Waals surface area contributed by atoms with Crippen LogP contribution in [0.5, 0.6) is 11.5 Å². The number of nitrogens with zero attached hydrogens (tertiary/aromatic N) is 3. The molecule has 0 unspecified atom stereocenters. The maximum absolute atomic E-state index is 12.6. The summed E-state index contributed by atoms with van der Waals surface area (Å²) in [7, 11) is 3.26. The molecule has 1 amide bonds. The van der Waals surface area contributed by atoms with Gasteiger partial charge in [-0.1, -0.05) is 13.8 Å². The number of hydrogen-bond acceptors (Lipinski definition) is 5. The summed E-state index contributed by atoms with van der Waals surface area (Å²) in [6.45, 7) is 12.5. The smallest absolute Gasteiger partial charge is 0.223 e. The zero-order chi connectivity index (χ0) is 22.1. The van der Waals surface area contributed by atoms with Crippen molar-refractivity contribution in [2.75, 3.05) is 26.1 Å². The van der Waals surface area contributed by atoms with E-state index in [1.807, 2.05) is 23.1 Å². The third-order valence-electron chi connectivity index (χ3n) is 5.06. The quantitative estimate of drug-likeness (QED) is 0.768. The van der Waals surface area contributed by atoms with Crippen molar-refractivity contribution >= 4 is 11.7 Å². The predicted octanol–water partition coefficient (Wildman–Crippen LogP) is 4.17. The van der Waals surface area contributed by atoms with Crippen molar-refractivity contribution in [1.82, 2.24) is 14.5 Å². The van der Waals surface area contributed by atoms with Crippen molar-refractivity contribution in [2.24, 2.45) is 5.92 Å². The number of amides is 1. The Morgan fingerprint density at radius 3 is 2.47 bits per heavy atom. The van der Waals surface area contributed by atoms with Gasteiger partial charge < -0.3 is 24.3 Å². The Balaban J connectivity index is 2.02. The van der Waals surface area contributed by atoms with E-state index < -0.39 is 0 Å². The summed E-state index contributed by atoms with van der Waals surface area (Å²) in [5, 5.41) is 3.62. The SMILES string of the molecule is COc1ccc(-c2nc3n(c2NC(C)(C)C)CCN(C(=O)CC(C)C)C3)cc1OC. The third-order valence-corrected chi connectivity index (χ3v) is 5.06. The van der Waals surface area contributed by atoms with Crippen molar-refractivity contribution in [2.45, 2.75) is 59.7 Å². The average Bonchev–Trinajstić information content (AvgIpc) is 3.02. The molecule has 0 fully saturated rings. The van der Waals surface area contributed by atoms with Gasteiger partial charge in [-0.25, -0.2) is 4.98 Å². The number of carbonyl (C=O) groups is 1. The molecule has 164 valence electrons. The molecule has 0 atom stereocenters. The van der Waals surface area contributed by atoms with E-state index >= 15 is 0 Å². The van der Waals surface area contributed by atoms with Crippen LogP contribution in [0.15, 0.2) is 18.2 Å². The molecule has 7 nitrogen and oxygen atoms in total. The topological polar surface area (TPSA) is 68.6 Å². The molecule has 1 aliphatic heterocycles. The number of benzene rings is 1. The zero-order valence-corrected chi connectivity index (χ0v) is 19.2. The van der Waals surface area contributed by atoms with Gasteiger partial charge in [-0.15, -0.1) is 0 Å². The standard InChI is InChI=1S/C23H34N4O3/c1-15(2)12-20(28)26-10-11-27-19(14-26)24-21(22(27)25-23(3,4)5)16-8-9-17(29-6)18(13-16)30-7/h8-9,13,15,25H,10-12,14H2,1-7H3. The minimum absolute atomic E-state index is 0.132. The molecule has 1 N–H and O–H groups in total. The van der Waals surface area contributed by atoms with Gasteiger partial charge in [-0.3, -0.25) is 4.79 Å². The number of aromatic nitrogens is 2. The van der Waals surface area contributed by atoms with Crippen LogP contribution in [0, 0.1) is 5.92 Å². The fourth-order valence-electron chi connectivity index (χ4n) is 3.69.